The van der Waals surface area contributed by atoms with Gasteiger partial charge in [-0.25, -0.2) is 0 Å². The van der Waals surface area contributed by atoms with E-state index in [4.69, 9.17) is 10.00 Å². The zero-order valence-corrected chi connectivity index (χ0v) is 24.0. The van der Waals surface area contributed by atoms with E-state index in [1.807, 2.05) is 0 Å². The molecule has 2 aromatic rings. The highest BCUT2D eigenvalue weighted by Crippen LogP contribution is 2.38. The van der Waals surface area contributed by atoms with Crippen LogP contribution in [-0.4, -0.2) is 71.0 Å². The van der Waals surface area contributed by atoms with Gasteiger partial charge in [0.1, 0.15) is 11.4 Å². The molecule has 2 N–H and O–H groups in total. The van der Waals surface area contributed by atoms with E-state index in [0.29, 0.717) is 56.4 Å². The molecule has 2 aromatic carbocycles. The summed E-state index contributed by atoms with van der Waals surface area (Å²) in [5.74, 6) is -1.33. The average Bonchev–Trinajstić information content (AvgIpc) is 3.00. The number of nitriles is 1. The lowest BCUT2D eigenvalue weighted by Gasteiger charge is -2.37. The Morgan fingerprint density at radius 1 is 1.02 bits per heavy atom. The van der Waals surface area contributed by atoms with Gasteiger partial charge in [-0.3, -0.25) is 14.4 Å². The minimum Gasteiger partial charge on any atom is -0.483 e. The van der Waals surface area contributed by atoms with Crippen molar-refractivity contribution in [3.63, 3.8) is 0 Å². The Kier molecular flexibility index (Phi) is 9.96. The number of hydrogen-bond donors (Lipinski definition) is 2. The number of carbonyl (C=O) groups excluding carboxylic acids is 3. The number of anilines is 1. The van der Waals surface area contributed by atoms with Crippen LogP contribution in [0.4, 0.5) is 18.9 Å². The van der Waals surface area contributed by atoms with E-state index in [0.717, 1.165) is 25.3 Å². The maximum absolute atomic E-state index is 13.7. The van der Waals surface area contributed by atoms with Crippen molar-refractivity contribution in [2.24, 2.45) is 5.92 Å². The van der Waals surface area contributed by atoms with Crippen LogP contribution in [0, 0.1) is 17.2 Å². The van der Waals surface area contributed by atoms with Crippen molar-refractivity contribution in [1.82, 2.24) is 9.80 Å². The van der Waals surface area contributed by atoms with Gasteiger partial charge in [-0.05, 0) is 48.6 Å². The Labute approximate surface area is 248 Å². The second-order valence-corrected chi connectivity index (χ2v) is 11.0. The van der Waals surface area contributed by atoms with Gasteiger partial charge in [0.2, 0.25) is 5.91 Å². The molecule has 0 spiro atoms. The van der Waals surface area contributed by atoms with E-state index < -0.39 is 34.7 Å². The molecule has 1 saturated carbocycles. The fourth-order valence-corrected chi connectivity index (χ4v) is 5.77. The normalized spacial score (nSPS) is 17.5. The van der Waals surface area contributed by atoms with Crippen LogP contribution >= 0.6 is 0 Å². The van der Waals surface area contributed by atoms with Crippen LogP contribution in [0.5, 0.6) is 5.75 Å². The highest BCUT2D eigenvalue weighted by molar-refractivity contribution is 5.98. The molecular formula is C31H35F3N4O5. The number of nitrogens with one attached hydrogen (secondary N) is 1. The molecule has 1 aliphatic heterocycles. The van der Waals surface area contributed by atoms with Crippen molar-refractivity contribution < 1.29 is 37.4 Å². The van der Waals surface area contributed by atoms with E-state index in [-0.39, 0.29) is 30.5 Å². The molecule has 1 aliphatic carbocycles. The quantitative estimate of drug-likeness (QED) is 0.470. The number of benzene rings is 2. The van der Waals surface area contributed by atoms with Crippen LogP contribution in [0.15, 0.2) is 42.5 Å². The summed E-state index contributed by atoms with van der Waals surface area (Å²) < 4.78 is 46.5. The number of rotatable bonds is 8. The maximum atomic E-state index is 13.7. The number of carbonyl (C=O) groups is 3. The first-order valence-electron chi connectivity index (χ1n) is 14.3. The van der Waals surface area contributed by atoms with Crippen LogP contribution < -0.4 is 10.1 Å². The van der Waals surface area contributed by atoms with Gasteiger partial charge in [-0.15, -0.1) is 0 Å². The average molecular weight is 601 g/mol. The van der Waals surface area contributed by atoms with Gasteiger partial charge in [-0.1, -0.05) is 37.5 Å². The minimum atomic E-state index is -4.81. The fraction of sp³-hybridized carbons (Fsp3) is 0.484. The predicted molar refractivity (Wildman–Crippen MR) is 151 cm³/mol. The number of aliphatic hydroxyl groups is 1. The first-order valence-corrected chi connectivity index (χ1v) is 14.3. The van der Waals surface area contributed by atoms with E-state index in [9.17, 15) is 32.7 Å². The number of alkyl halides is 3. The third kappa shape index (κ3) is 7.65. The molecule has 1 atom stereocenters. The van der Waals surface area contributed by atoms with E-state index >= 15 is 0 Å². The highest BCUT2D eigenvalue weighted by atomic mass is 19.4. The molecule has 3 amide bonds. The number of amides is 3. The summed E-state index contributed by atoms with van der Waals surface area (Å²) >= 11 is 0. The third-order valence-electron chi connectivity index (χ3n) is 8.24. The number of halogens is 3. The van der Waals surface area contributed by atoms with Crippen molar-refractivity contribution in [1.29, 1.82) is 5.26 Å². The summed E-state index contributed by atoms with van der Waals surface area (Å²) in [5, 5.41) is 23.5. The molecule has 1 saturated heterocycles. The summed E-state index contributed by atoms with van der Waals surface area (Å²) in [4.78, 5) is 41.4. The molecule has 230 valence electrons. The van der Waals surface area contributed by atoms with Crippen molar-refractivity contribution in [3.8, 4) is 11.8 Å². The number of ether oxygens (including phenoxy) is 1. The first kappa shape index (κ1) is 31.8. The lowest BCUT2D eigenvalue weighted by Crippen LogP contribution is -2.52. The Morgan fingerprint density at radius 2 is 1.67 bits per heavy atom. The lowest BCUT2D eigenvalue weighted by atomic mass is 9.73. The van der Waals surface area contributed by atoms with Crippen molar-refractivity contribution in [3.05, 3.63) is 59.2 Å². The SMILES string of the molecule is CC(=O)N1CCN(C(=O)COc2ccccc2CC(O)(C(=O)Nc2ccc(C#N)c(C(F)(F)F)c2)C2CCCCC2)CC1. The van der Waals surface area contributed by atoms with Crippen LogP contribution in [0.25, 0.3) is 0 Å². The molecule has 0 bridgehead atoms. The van der Waals surface area contributed by atoms with E-state index in [1.54, 1.807) is 34.1 Å². The van der Waals surface area contributed by atoms with Gasteiger partial charge >= 0.3 is 6.18 Å². The molecular weight excluding hydrogens is 565 g/mol. The largest absolute Gasteiger partial charge is 0.483 e. The highest BCUT2D eigenvalue weighted by Gasteiger charge is 2.45. The van der Waals surface area contributed by atoms with Crippen LogP contribution in [0.2, 0.25) is 0 Å². The number of nitrogens with zero attached hydrogens (tertiary/aromatic N) is 3. The number of para-hydroxylation sites is 1. The van der Waals surface area contributed by atoms with Gasteiger partial charge in [0.25, 0.3) is 11.8 Å². The molecule has 4 rings (SSSR count). The number of hydrogen-bond acceptors (Lipinski definition) is 6. The smallest absolute Gasteiger partial charge is 0.417 e. The van der Waals surface area contributed by atoms with Crippen molar-refractivity contribution in [2.75, 3.05) is 38.1 Å². The standard InChI is InChI=1S/C31H35F3N4O5/c1-21(39)37-13-15-38(16-14-37)28(40)20-43-27-10-6-5-7-22(27)18-30(42,24-8-3-2-4-9-24)29(41)36-25-12-11-23(19-35)26(17-25)31(32,33)34/h5-7,10-12,17,24,42H,2-4,8-9,13-16,18,20H2,1H3,(H,36,41). The second-order valence-electron chi connectivity index (χ2n) is 11.0. The molecule has 1 unspecified atom stereocenters. The van der Waals surface area contributed by atoms with Crippen LogP contribution in [0.3, 0.4) is 0 Å². The van der Waals surface area contributed by atoms with Crippen LogP contribution in [-0.2, 0) is 27.0 Å². The Morgan fingerprint density at radius 3 is 2.30 bits per heavy atom. The molecule has 2 fully saturated rings. The van der Waals surface area contributed by atoms with Crippen LogP contribution in [0.1, 0.15) is 55.7 Å². The molecule has 2 aliphatic rings. The lowest BCUT2D eigenvalue weighted by molar-refractivity contribution is -0.142. The monoisotopic (exact) mass is 600 g/mol. The number of piperazine rings is 1. The van der Waals surface area contributed by atoms with Gasteiger partial charge in [0.05, 0.1) is 17.2 Å². The zero-order valence-electron chi connectivity index (χ0n) is 24.0. The Bertz CT molecular complexity index is 1380. The van der Waals surface area contributed by atoms with Gasteiger partial charge < -0.3 is 25.0 Å². The molecule has 43 heavy (non-hydrogen) atoms. The molecule has 0 aromatic heterocycles. The molecule has 9 nitrogen and oxygen atoms in total. The maximum Gasteiger partial charge on any atom is 0.417 e. The second kappa shape index (κ2) is 13.5. The fourth-order valence-electron chi connectivity index (χ4n) is 5.77. The van der Waals surface area contributed by atoms with Crippen molar-refractivity contribution >= 4 is 23.4 Å². The third-order valence-corrected chi connectivity index (χ3v) is 8.24. The van der Waals surface area contributed by atoms with E-state index in [1.165, 1.54) is 19.1 Å². The summed E-state index contributed by atoms with van der Waals surface area (Å²) in [7, 11) is 0. The summed E-state index contributed by atoms with van der Waals surface area (Å²) in [5.41, 5.74) is -3.46. The summed E-state index contributed by atoms with van der Waals surface area (Å²) in [6, 6.07) is 11.1. The Hall–Kier alpha value is -4.11. The minimum absolute atomic E-state index is 0.0493. The molecule has 12 heteroatoms. The van der Waals surface area contributed by atoms with Gasteiger partial charge in [-0.2, -0.15) is 18.4 Å². The molecule has 1 heterocycles. The van der Waals surface area contributed by atoms with E-state index in [2.05, 4.69) is 5.32 Å². The predicted octanol–water partition coefficient (Wildman–Crippen LogP) is 4.14. The summed E-state index contributed by atoms with van der Waals surface area (Å²) in [6.07, 6.45) is -1.36. The molecule has 0 radical (unpaired) electrons. The first-order chi connectivity index (χ1) is 20.4. The zero-order chi connectivity index (χ0) is 31.2. The van der Waals surface area contributed by atoms with Gasteiger partial charge in [0.15, 0.2) is 6.61 Å². The van der Waals surface area contributed by atoms with Gasteiger partial charge in [0, 0.05) is 45.2 Å². The summed E-state index contributed by atoms with van der Waals surface area (Å²) in [6.45, 7) is 2.84. The Balaban J connectivity index is 1.53. The van der Waals surface area contributed by atoms with Crippen molar-refractivity contribution in [2.45, 2.75) is 57.2 Å². The topological polar surface area (TPSA) is 123 Å².